The third-order valence-electron chi connectivity index (χ3n) is 6.39. The number of ether oxygens (including phenoxy) is 2. The van der Waals surface area contributed by atoms with Crippen molar-refractivity contribution in [2.45, 2.75) is 32.0 Å². The number of Topliss-reactive ketones (excluding diaryl/α,β-unsaturated/α-hetero) is 1. The lowest BCUT2D eigenvalue weighted by molar-refractivity contribution is -0.00594. The molecule has 1 spiro atoms. The number of methoxy groups -OCH3 is 1. The summed E-state index contributed by atoms with van der Waals surface area (Å²) < 4.78 is 12.0. The van der Waals surface area contributed by atoms with E-state index in [9.17, 15) is 9.90 Å². The van der Waals surface area contributed by atoms with Crippen molar-refractivity contribution in [2.24, 2.45) is 5.92 Å². The van der Waals surface area contributed by atoms with Crippen LogP contribution in [0.5, 0.6) is 11.5 Å². The molecule has 2 aliphatic rings. The average Bonchev–Trinajstić information content (AvgIpc) is 3.09. The van der Waals surface area contributed by atoms with Crippen LogP contribution in [0, 0.1) is 12.8 Å². The lowest BCUT2D eigenvalue weighted by Gasteiger charge is -2.40. The highest BCUT2D eigenvalue weighted by atomic mass is 35.5. The van der Waals surface area contributed by atoms with Gasteiger partial charge in [-0.15, -0.1) is 0 Å². The zero-order valence-corrected chi connectivity index (χ0v) is 18.2. The summed E-state index contributed by atoms with van der Waals surface area (Å²) in [5, 5.41) is 11.2. The van der Waals surface area contributed by atoms with Gasteiger partial charge in [0.15, 0.2) is 5.75 Å². The summed E-state index contributed by atoms with van der Waals surface area (Å²) in [6.07, 6.45) is -0.356. The first-order valence-corrected chi connectivity index (χ1v) is 10.6. The molecule has 2 heterocycles. The molecule has 0 saturated heterocycles. The second-order valence-corrected chi connectivity index (χ2v) is 8.61. The minimum atomic E-state index is -1.37. The topological polar surface area (TPSA) is 68.7 Å². The molecule has 1 aliphatic carbocycles. The average molecular weight is 436 g/mol. The second kappa shape index (κ2) is 7.08. The number of aliphatic hydroxyl groups excluding tert-OH is 1. The molecule has 3 aromatic rings. The number of aromatic nitrogens is 1. The van der Waals surface area contributed by atoms with Crippen molar-refractivity contribution in [1.82, 2.24) is 4.98 Å². The van der Waals surface area contributed by atoms with Crippen molar-refractivity contribution in [3.05, 3.63) is 75.9 Å². The summed E-state index contributed by atoms with van der Waals surface area (Å²) in [6.45, 7) is 3.75. The van der Waals surface area contributed by atoms with Crippen molar-refractivity contribution < 1.29 is 19.4 Å². The Morgan fingerprint density at radius 1 is 1.23 bits per heavy atom. The van der Waals surface area contributed by atoms with E-state index in [4.69, 9.17) is 26.1 Å². The minimum Gasteiger partial charge on any atom is -0.496 e. The quantitative estimate of drug-likeness (QED) is 0.594. The molecule has 5 nitrogen and oxygen atoms in total. The fourth-order valence-corrected chi connectivity index (χ4v) is 4.93. The molecule has 0 bridgehead atoms. The van der Waals surface area contributed by atoms with Crippen LogP contribution in [0.3, 0.4) is 0 Å². The molecule has 31 heavy (non-hydrogen) atoms. The van der Waals surface area contributed by atoms with Crippen molar-refractivity contribution >= 4 is 17.4 Å². The molecule has 0 saturated carbocycles. The van der Waals surface area contributed by atoms with Crippen LogP contribution in [-0.4, -0.2) is 23.0 Å². The third kappa shape index (κ3) is 2.73. The van der Waals surface area contributed by atoms with Crippen LogP contribution in [0.1, 0.15) is 46.6 Å². The van der Waals surface area contributed by atoms with Gasteiger partial charge in [0.1, 0.15) is 11.3 Å². The van der Waals surface area contributed by atoms with Crippen molar-refractivity contribution in [3.8, 4) is 22.8 Å². The van der Waals surface area contributed by atoms with Gasteiger partial charge in [-0.25, -0.2) is 4.98 Å². The number of halogens is 1. The maximum absolute atomic E-state index is 14.0. The normalized spacial score (nSPS) is 24.0. The second-order valence-electron chi connectivity index (χ2n) is 8.23. The number of nitrogens with zero attached hydrogens (tertiary/aromatic N) is 1. The molecule has 0 amide bonds. The van der Waals surface area contributed by atoms with Gasteiger partial charge in [-0.2, -0.15) is 0 Å². The molecule has 1 N–H and O–H groups in total. The number of aryl methyl sites for hydroxylation is 1. The Morgan fingerprint density at radius 2 is 1.97 bits per heavy atom. The molecule has 3 atom stereocenters. The van der Waals surface area contributed by atoms with Crippen LogP contribution in [0.25, 0.3) is 11.3 Å². The molecule has 3 unspecified atom stereocenters. The number of benzene rings is 2. The van der Waals surface area contributed by atoms with Crippen molar-refractivity contribution in [1.29, 1.82) is 0 Å². The monoisotopic (exact) mass is 435 g/mol. The van der Waals surface area contributed by atoms with E-state index < -0.39 is 11.7 Å². The number of aliphatic hydroxyl groups is 1. The van der Waals surface area contributed by atoms with Gasteiger partial charge in [-0.05, 0) is 31.0 Å². The summed E-state index contributed by atoms with van der Waals surface area (Å²) in [5.74, 6) is 0.191. The van der Waals surface area contributed by atoms with E-state index in [1.54, 1.807) is 6.07 Å². The number of hydrogen-bond donors (Lipinski definition) is 1. The molecular formula is C25H22ClNO4. The molecule has 0 fully saturated rings. The van der Waals surface area contributed by atoms with E-state index in [1.165, 1.54) is 7.11 Å². The first-order valence-electron chi connectivity index (χ1n) is 10.2. The first-order chi connectivity index (χ1) is 14.9. The minimum absolute atomic E-state index is 0.236. The fourth-order valence-electron chi connectivity index (χ4n) is 4.75. The van der Waals surface area contributed by atoms with Gasteiger partial charge in [-0.3, -0.25) is 4.79 Å². The summed E-state index contributed by atoms with van der Waals surface area (Å²) in [4.78, 5) is 18.8. The highest BCUT2D eigenvalue weighted by molar-refractivity contribution is 6.34. The summed E-state index contributed by atoms with van der Waals surface area (Å²) in [7, 11) is 1.52. The van der Waals surface area contributed by atoms with Crippen LogP contribution in [0.15, 0.2) is 48.5 Å². The summed E-state index contributed by atoms with van der Waals surface area (Å²) >= 11 is 6.56. The van der Waals surface area contributed by atoms with E-state index in [-0.39, 0.29) is 11.7 Å². The number of carbonyl (C=O) groups is 1. The van der Waals surface area contributed by atoms with Crippen LogP contribution in [-0.2, 0) is 5.60 Å². The Labute approximate surface area is 185 Å². The van der Waals surface area contributed by atoms with Crippen LogP contribution in [0.4, 0.5) is 0 Å². The predicted octanol–water partition coefficient (Wildman–Crippen LogP) is 5.26. The van der Waals surface area contributed by atoms with Crippen molar-refractivity contribution in [3.63, 3.8) is 0 Å². The fraction of sp³-hybridized carbons (Fsp3) is 0.280. The van der Waals surface area contributed by atoms with Gasteiger partial charge < -0.3 is 14.6 Å². The molecule has 0 radical (unpaired) electrons. The Hall–Kier alpha value is -2.89. The Bertz CT molecular complexity index is 1210. The standard InChI is InChI=1S/C25H22ClNO4/c1-13-11-19(30-3)20-22(21(13)26)31-25(24(20)29)14(2)12-18(28)16-9-10-17(27-23(16)25)15-7-5-4-6-8-15/h4-11,14,18,28H,12H2,1-3H3. The van der Waals surface area contributed by atoms with Gasteiger partial charge >= 0.3 is 0 Å². The van der Waals surface area contributed by atoms with Crippen LogP contribution >= 0.6 is 11.6 Å². The first kappa shape index (κ1) is 20.0. The molecule has 1 aliphatic heterocycles. The number of ketones is 1. The number of rotatable bonds is 2. The Morgan fingerprint density at radius 3 is 2.68 bits per heavy atom. The molecule has 1 aromatic heterocycles. The molecular weight excluding hydrogens is 414 g/mol. The molecule has 6 heteroatoms. The third-order valence-corrected chi connectivity index (χ3v) is 6.86. The number of pyridine rings is 1. The van der Waals surface area contributed by atoms with Crippen LogP contribution < -0.4 is 9.47 Å². The van der Waals surface area contributed by atoms with E-state index in [1.807, 2.05) is 56.3 Å². The number of carbonyl (C=O) groups excluding carboxylic acids is 1. The molecule has 158 valence electrons. The molecule has 5 rings (SSSR count). The van der Waals surface area contributed by atoms with Crippen molar-refractivity contribution in [2.75, 3.05) is 7.11 Å². The largest absolute Gasteiger partial charge is 0.496 e. The Kier molecular flexibility index (Phi) is 4.57. The lowest BCUT2D eigenvalue weighted by atomic mass is 9.71. The zero-order valence-electron chi connectivity index (χ0n) is 17.5. The van der Waals surface area contributed by atoms with E-state index in [0.717, 1.165) is 11.1 Å². The highest BCUT2D eigenvalue weighted by Crippen LogP contribution is 2.56. The van der Waals surface area contributed by atoms with Gasteiger partial charge in [-0.1, -0.05) is 54.9 Å². The SMILES string of the molecule is COc1cc(C)c(Cl)c2c1C(=O)C1(O2)c2nc(-c3ccccc3)ccc2C(O)CC1C. The maximum Gasteiger partial charge on any atom is 0.220 e. The summed E-state index contributed by atoms with van der Waals surface area (Å²) in [6, 6.07) is 15.2. The zero-order chi connectivity index (χ0) is 21.9. The Balaban J connectivity index is 1.76. The van der Waals surface area contributed by atoms with E-state index in [2.05, 4.69) is 0 Å². The predicted molar refractivity (Wildman–Crippen MR) is 118 cm³/mol. The van der Waals surface area contributed by atoms with Gasteiger partial charge in [0, 0.05) is 17.0 Å². The smallest absolute Gasteiger partial charge is 0.220 e. The number of hydrogen-bond acceptors (Lipinski definition) is 5. The maximum atomic E-state index is 14.0. The van der Waals surface area contributed by atoms with E-state index in [0.29, 0.717) is 45.5 Å². The summed E-state index contributed by atoms with van der Waals surface area (Å²) in [5.41, 5.74) is 2.40. The van der Waals surface area contributed by atoms with Gasteiger partial charge in [0.05, 0.1) is 29.6 Å². The lowest BCUT2D eigenvalue weighted by Crippen LogP contribution is -2.48. The molecule has 2 aromatic carbocycles. The highest BCUT2D eigenvalue weighted by Gasteiger charge is 2.60. The van der Waals surface area contributed by atoms with Gasteiger partial charge in [0.2, 0.25) is 11.4 Å². The van der Waals surface area contributed by atoms with Gasteiger partial charge in [0.25, 0.3) is 0 Å². The number of fused-ring (bicyclic) bond motifs is 3. The van der Waals surface area contributed by atoms with E-state index >= 15 is 0 Å². The van der Waals surface area contributed by atoms with Crippen LogP contribution in [0.2, 0.25) is 5.02 Å².